The molecule has 1 unspecified atom stereocenters. The van der Waals surface area contributed by atoms with Gasteiger partial charge in [0.2, 0.25) is 0 Å². The number of likely N-dealkylation sites (tertiary alicyclic amines) is 1. The third kappa shape index (κ3) is 2.30. The highest BCUT2D eigenvalue weighted by molar-refractivity contribution is 6.58. The van der Waals surface area contributed by atoms with Crippen molar-refractivity contribution >= 4 is 37.0 Å². The molecule has 2 rings (SSSR count). The number of hydrogen-bond donors (Lipinski definition) is 0. The second-order valence-electron chi connectivity index (χ2n) is 4.17. The van der Waals surface area contributed by atoms with Gasteiger partial charge >= 0.3 is 0 Å². The average Bonchev–Trinajstić information content (AvgIpc) is 2.24. The van der Waals surface area contributed by atoms with Crippen LogP contribution in [0.25, 0.3) is 0 Å². The largest absolute Gasteiger partial charge is 0.333 e. The van der Waals surface area contributed by atoms with Crippen molar-refractivity contribution in [2.45, 2.75) is 29.6 Å². The molecule has 0 spiro atoms. The van der Waals surface area contributed by atoms with Crippen LogP contribution in [0.1, 0.15) is 19.3 Å². The first-order chi connectivity index (χ1) is 7.50. The van der Waals surface area contributed by atoms with Crippen molar-refractivity contribution in [3.8, 4) is 0 Å². The van der Waals surface area contributed by atoms with Gasteiger partial charge in [-0.3, -0.25) is 4.79 Å². The van der Waals surface area contributed by atoms with Crippen LogP contribution < -0.4 is 0 Å². The molecular formula is C11H12BCl2NO. The highest BCUT2D eigenvalue weighted by atomic mass is 35.5. The number of hydrogen-bond acceptors (Lipinski definition) is 1. The maximum Gasteiger partial charge on any atom is 0.259 e. The van der Waals surface area contributed by atoms with Crippen molar-refractivity contribution in [3.63, 3.8) is 0 Å². The topological polar surface area (TPSA) is 20.3 Å². The highest BCUT2D eigenvalue weighted by Gasteiger charge is 2.42. The van der Waals surface area contributed by atoms with E-state index in [-0.39, 0.29) is 11.9 Å². The van der Waals surface area contributed by atoms with E-state index in [1.807, 2.05) is 18.2 Å². The Labute approximate surface area is 107 Å². The number of alkyl halides is 2. The molecule has 1 aliphatic carbocycles. The Hall–Kier alpha value is -0.405. The van der Waals surface area contributed by atoms with Crippen LogP contribution in [0, 0.1) is 0 Å². The predicted molar refractivity (Wildman–Crippen MR) is 66.8 cm³/mol. The third-order valence-corrected chi connectivity index (χ3v) is 3.67. The van der Waals surface area contributed by atoms with E-state index in [0.29, 0.717) is 13.0 Å². The molecule has 0 aromatic carbocycles. The fraction of sp³-hybridized carbons (Fsp3) is 0.545. The van der Waals surface area contributed by atoms with Gasteiger partial charge in [0.25, 0.3) is 5.91 Å². The van der Waals surface area contributed by atoms with Gasteiger partial charge in [0.1, 0.15) is 7.85 Å². The Morgan fingerprint density at radius 2 is 2.25 bits per heavy atom. The summed E-state index contributed by atoms with van der Waals surface area (Å²) in [5.41, 5.74) is 0.740. The molecule has 2 nitrogen and oxygen atoms in total. The Morgan fingerprint density at radius 3 is 2.88 bits per heavy atom. The summed E-state index contributed by atoms with van der Waals surface area (Å²) in [7, 11) is 5.63. The summed E-state index contributed by atoms with van der Waals surface area (Å²) in [6, 6.07) is 0.0389. The molecule has 0 aromatic heterocycles. The maximum absolute atomic E-state index is 12.0. The molecule has 2 radical (unpaired) electrons. The minimum atomic E-state index is -1.25. The molecule has 1 heterocycles. The summed E-state index contributed by atoms with van der Waals surface area (Å²) in [5, 5.41) is 0. The SMILES string of the molecule is [B]C1=CCC(N2CCCC(Cl)(Cl)C2=O)C=C1. The van der Waals surface area contributed by atoms with Gasteiger partial charge in [0, 0.05) is 6.54 Å². The smallest absolute Gasteiger partial charge is 0.259 e. The lowest BCUT2D eigenvalue weighted by atomic mass is 9.88. The van der Waals surface area contributed by atoms with E-state index in [9.17, 15) is 4.79 Å². The van der Waals surface area contributed by atoms with Gasteiger partial charge in [0.15, 0.2) is 4.33 Å². The van der Waals surface area contributed by atoms with Crippen molar-refractivity contribution in [2.75, 3.05) is 6.54 Å². The lowest BCUT2D eigenvalue weighted by molar-refractivity contribution is -0.135. The number of allylic oxidation sites excluding steroid dienone is 2. The number of halogens is 2. The zero-order valence-corrected chi connectivity index (χ0v) is 10.3. The first kappa shape index (κ1) is 12.1. The second-order valence-corrected chi connectivity index (χ2v) is 5.66. The van der Waals surface area contributed by atoms with Crippen LogP contribution in [0.2, 0.25) is 0 Å². The molecule has 1 aliphatic heterocycles. The van der Waals surface area contributed by atoms with Crippen LogP contribution in [0.15, 0.2) is 23.7 Å². The first-order valence-corrected chi connectivity index (χ1v) is 6.09. The van der Waals surface area contributed by atoms with Crippen LogP contribution in [-0.4, -0.2) is 35.6 Å². The summed E-state index contributed by atoms with van der Waals surface area (Å²) in [5.74, 6) is -0.189. The normalized spacial score (nSPS) is 29.1. The van der Waals surface area contributed by atoms with Crippen molar-refractivity contribution in [1.29, 1.82) is 0 Å². The van der Waals surface area contributed by atoms with Crippen molar-refractivity contribution in [2.24, 2.45) is 0 Å². The summed E-state index contributed by atoms with van der Waals surface area (Å²) in [4.78, 5) is 13.7. The molecule has 2 aliphatic rings. The fourth-order valence-electron chi connectivity index (χ4n) is 2.06. The number of rotatable bonds is 1. The van der Waals surface area contributed by atoms with E-state index in [1.54, 1.807) is 4.90 Å². The quantitative estimate of drug-likeness (QED) is 0.520. The molecule has 0 saturated carbocycles. The molecule has 0 aromatic rings. The van der Waals surface area contributed by atoms with Gasteiger partial charge in [-0.05, 0) is 19.3 Å². The van der Waals surface area contributed by atoms with E-state index < -0.39 is 4.33 Å². The number of nitrogens with zero attached hydrogens (tertiary/aromatic N) is 1. The van der Waals surface area contributed by atoms with E-state index in [1.165, 1.54) is 0 Å². The Morgan fingerprint density at radius 1 is 1.50 bits per heavy atom. The monoisotopic (exact) mass is 255 g/mol. The van der Waals surface area contributed by atoms with Crippen molar-refractivity contribution < 1.29 is 4.79 Å². The summed E-state index contributed by atoms with van der Waals surface area (Å²) in [6.07, 6.45) is 7.76. The average molecular weight is 256 g/mol. The minimum absolute atomic E-state index is 0.0389. The lowest BCUT2D eigenvalue weighted by Gasteiger charge is -2.38. The van der Waals surface area contributed by atoms with Gasteiger partial charge in [-0.25, -0.2) is 0 Å². The highest BCUT2D eigenvalue weighted by Crippen LogP contribution is 2.35. The molecule has 0 bridgehead atoms. The lowest BCUT2D eigenvalue weighted by Crippen LogP contribution is -2.51. The van der Waals surface area contributed by atoms with E-state index in [4.69, 9.17) is 31.0 Å². The van der Waals surface area contributed by atoms with Crippen LogP contribution in [0.4, 0.5) is 0 Å². The molecule has 0 N–H and O–H groups in total. The maximum atomic E-state index is 12.0. The van der Waals surface area contributed by atoms with E-state index in [2.05, 4.69) is 0 Å². The number of piperidine rings is 1. The zero-order valence-electron chi connectivity index (χ0n) is 8.83. The molecule has 1 saturated heterocycles. The van der Waals surface area contributed by atoms with Crippen molar-refractivity contribution in [3.05, 3.63) is 23.7 Å². The molecule has 1 amide bonds. The van der Waals surface area contributed by atoms with Gasteiger partial charge < -0.3 is 4.90 Å². The van der Waals surface area contributed by atoms with Gasteiger partial charge in [-0.1, -0.05) is 41.4 Å². The summed E-state index contributed by atoms with van der Waals surface area (Å²) in [6.45, 7) is 0.711. The standard InChI is InChI=1S/C11H12BCl2NO/c12-8-2-4-9(5-3-8)15-7-1-6-11(13,14)10(15)16/h2-4,9H,1,5-7H2. The van der Waals surface area contributed by atoms with Gasteiger partial charge in [-0.2, -0.15) is 0 Å². The summed E-state index contributed by atoms with van der Waals surface area (Å²) < 4.78 is -1.25. The van der Waals surface area contributed by atoms with E-state index in [0.717, 1.165) is 18.3 Å². The molecule has 1 atom stereocenters. The van der Waals surface area contributed by atoms with E-state index >= 15 is 0 Å². The number of carbonyl (C=O) groups is 1. The second kappa shape index (κ2) is 4.46. The molecule has 1 fully saturated rings. The zero-order chi connectivity index (χ0) is 11.8. The van der Waals surface area contributed by atoms with Crippen LogP contribution >= 0.6 is 23.2 Å². The minimum Gasteiger partial charge on any atom is -0.333 e. The number of amides is 1. The predicted octanol–water partition coefficient (Wildman–Crippen LogP) is 2.16. The van der Waals surface area contributed by atoms with Gasteiger partial charge in [-0.15, -0.1) is 5.47 Å². The fourth-order valence-corrected chi connectivity index (χ4v) is 2.55. The molecule has 84 valence electrons. The van der Waals surface area contributed by atoms with Crippen molar-refractivity contribution in [1.82, 2.24) is 4.90 Å². The number of carbonyl (C=O) groups excluding carboxylic acids is 1. The van der Waals surface area contributed by atoms with Gasteiger partial charge in [0.05, 0.1) is 6.04 Å². The van der Waals surface area contributed by atoms with Crippen LogP contribution in [0.5, 0.6) is 0 Å². The summed E-state index contributed by atoms with van der Waals surface area (Å²) >= 11 is 12.0. The van der Waals surface area contributed by atoms with Crippen LogP contribution in [0.3, 0.4) is 0 Å². The Kier molecular flexibility index (Phi) is 3.36. The Bertz CT molecular complexity index is 365. The van der Waals surface area contributed by atoms with Crippen LogP contribution in [-0.2, 0) is 4.79 Å². The Balaban J connectivity index is 2.11. The molecular weight excluding hydrogens is 244 g/mol. The molecule has 5 heteroatoms. The third-order valence-electron chi connectivity index (χ3n) is 2.97. The molecule has 16 heavy (non-hydrogen) atoms. The first-order valence-electron chi connectivity index (χ1n) is 5.33.